The van der Waals surface area contributed by atoms with Gasteiger partial charge in [0.2, 0.25) is 0 Å². The number of hydrogen-bond acceptors (Lipinski definition) is 3. The van der Waals surface area contributed by atoms with Gasteiger partial charge in [0.1, 0.15) is 0 Å². The van der Waals surface area contributed by atoms with E-state index in [1.807, 2.05) is 6.08 Å². The average Bonchev–Trinajstić information content (AvgIpc) is 1.87. The molecule has 0 aliphatic heterocycles. The molecule has 0 heterocycles. The van der Waals surface area contributed by atoms with Crippen LogP contribution < -0.4 is 0 Å². The van der Waals surface area contributed by atoms with E-state index in [1.165, 1.54) is 0 Å². The van der Waals surface area contributed by atoms with Gasteiger partial charge in [-0.05, 0) is 18.6 Å². The quantitative estimate of drug-likeness (QED) is 0.477. The molecule has 2 nitrogen and oxygen atoms in total. The van der Waals surface area contributed by atoms with Crippen LogP contribution in [0.2, 0.25) is 0 Å². The van der Waals surface area contributed by atoms with Gasteiger partial charge in [-0.3, -0.25) is 4.21 Å². The number of aliphatic imine (C=N–C) groups is 1. The van der Waals surface area contributed by atoms with Gasteiger partial charge < -0.3 is 0 Å². The summed E-state index contributed by atoms with van der Waals surface area (Å²) in [7, 11) is -0.710. The molecule has 0 bridgehead atoms. The largest absolute Gasteiger partial charge is 0.260 e. The fraction of sp³-hybridized carbons (Fsp3) is 0.500. The van der Waals surface area contributed by atoms with Gasteiger partial charge >= 0.3 is 0 Å². The van der Waals surface area contributed by atoms with Crippen LogP contribution in [0.4, 0.5) is 0 Å². The van der Waals surface area contributed by atoms with Gasteiger partial charge in [-0.2, -0.15) is 0 Å². The van der Waals surface area contributed by atoms with E-state index in [9.17, 15) is 4.21 Å². The Balaban J connectivity index is 3.35. The summed E-state index contributed by atoms with van der Waals surface area (Å²) < 4.78 is 10.5. The molecule has 0 aromatic heterocycles. The third-order valence-corrected chi connectivity index (χ3v) is 1.72. The van der Waals surface area contributed by atoms with Crippen LogP contribution in [-0.2, 0) is 10.8 Å². The number of hydrogen-bond donors (Lipinski definition) is 0. The lowest BCUT2D eigenvalue weighted by Gasteiger charge is -1.86. The third kappa shape index (κ3) is 7.69. The molecule has 0 N–H and O–H groups in total. The molecular formula is C6H9NOS2. The Hall–Kier alpha value is -0.310. The van der Waals surface area contributed by atoms with E-state index in [0.717, 1.165) is 6.42 Å². The molecule has 0 saturated carbocycles. The van der Waals surface area contributed by atoms with Crippen LogP contribution in [0, 0.1) is 0 Å². The first-order valence-corrected chi connectivity index (χ1v) is 4.93. The van der Waals surface area contributed by atoms with E-state index in [0.29, 0.717) is 5.75 Å². The Morgan fingerprint density at radius 1 is 1.80 bits per heavy atom. The molecule has 0 aliphatic rings. The van der Waals surface area contributed by atoms with Crippen molar-refractivity contribution in [1.82, 2.24) is 0 Å². The van der Waals surface area contributed by atoms with E-state index in [-0.39, 0.29) is 0 Å². The molecule has 4 heteroatoms. The molecule has 0 rings (SSSR count). The number of nitrogens with zero attached hydrogens (tertiary/aromatic N) is 1. The minimum atomic E-state index is -0.710. The first-order valence-electron chi connectivity index (χ1n) is 2.79. The van der Waals surface area contributed by atoms with Crippen molar-refractivity contribution in [1.29, 1.82) is 0 Å². The van der Waals surface area contributed by atoms with E-state index in [2.05, 4.69) is 22.4 Å². The van der Waals surface area contributed by atoms with Crippen LogP contribution >= 0.6 is 12.2 Å². The summed E-state index contributed by atoms with van der Waals surface area (Å²) in [5.74, 6) is 0.684. The lowest BCUT2D eigenvalue weighted by Crippen LogP contribution is -1.90. The number of thiocarbonyl (C=S) groups is 1. The standard InChI is InChI=1S/C6H9NOS2/c1-10(8)5-3-2-4-7-6-9/h2,4H,3,5H2,1H3. The Labute approximate surface area is 68.5 Å². The average molecular weight is 175 g/mol. The second kappa shape index (κ2) is 6.81. The molecule has 10 heavy (non-hydrogen) atoms. The minimum Gasteiger partial charge on any atom is -0.260 e. The predicted molar refractivity (Wildman–Crippen MR) is 47.7 cm³/mol. The highest BCUT2D eigenvalue weighted by Gasteiger charge is 1.84. The van der Waals surface area contributed by atoms with Crippen molar-refractivity contribution in [2.75, 3.05) is 12.0 Å². The van der Waals surface area contributed by atoms with E-state index in [4.69, 9.17) is 0 Å². The van der Waals surface area contributed by atoms with Gasteiger partial charge in [-0.25, -0.2) is 4.99 Å². The maximum Gasteiger partial charge on any atom is 0.0634 e. The number of rotatable bonds is 4. The van der Waals surface area contributed by atoms with E-state index in [1.54, 1.807) is 12.5 Å². The monoisotopic (exact) mass is 175 g/mol. The zero-order chi connectivity index (χ0) is 7.82. The number of allylic oxidation sites excluding steroid dienone is 1. The summed E-state index contributed by atoms with van der Waals surface area (Å²) in [5, 5.41) is 2.20. The maximum atomic E-state index is 10.5. The van der Waals surface area contributed by atoms with Crippen molar-refractivity contribution in [3.05, 3.63) is 12.3 Å². The second-order valence-corrected chi connectivity index (χ2v) is 3.41. The van der Waals surface area contributed by atoms with Gasteiger partial charge in [-0.1, -0.05) is 6.08 Å². The van der Waals surface area contributed by atoms with E-state index >= 15 is 0 Å². The topological polar surface area (TPSA) is 29.4 Å². The lowest BCUT2D eigenvalue weighted by atomic mass is 10.5. The third-order valence-electron chi connectivity index (χ3n) is 0.805. The number of isothiocyanates is 1. The summed E-state index contributed by atoms with van der Waals surface area (Å²) in [6.07, 6.45) is 5.85. The second-order valence-electron chi connectivity index (χ2n) is 1.67. The highest BCUT2D eigenvalue weighted by Crippen LogP contribution is 1.85. The molecule has 1 atom stereocenters. The van der Waals surface area contributed by atoms with Crippen LogP contribution in [0.15, 0.2) is 17.3 Å². The van der Waals surface area contributed by atoms with Crippen LogP contribution in [0.1, 0.15) is 6.42 Å². The highest BCUT2D eigenvalue weighted by atomic mass is 32.2. The highest BCUT2D eigenvalue weighted by molar-refractivity contribution is 7.84. The normalized spacial score (nSPS) is 12.9. The SMILES string of the molecule is CS(=O)CCC=CN=C=S. The van der Waals surface area contributed by atoms with Crippen molar-refractivity contribution >= 4 is 28.2 Å². The molecule has 0 aromatic carbocycles. The molecule has 0 saturated heterocycles. The van der Waals surface area contributed by atoms with Crippen molar-refractivity contribution in [3.63, 3.8) is 0 Å². The predicted octanol–water partition coefficient (Wildman–Crippen LogP) is 1.37. The Morgan fingerprint density at radius 2 is 2.50 bits per heavy atom. The van der Waals surface area contributed by atoms with Gasteiger partial charge in [0.15, 0.2) is 0 Å². The lowest BCUT2D eigenvalue weighted by molar-refractivity contribution is 0.686. The zero-order valence-electron chi connectivity index (χ0n) is 5.74. The molecule has 0 spiro atoms. The van der Waals surface area contributed by atoms with Gasteiger partial charge in [-0.15, -0.1) is 0 Å². The Morgan fingerprint density at radius 3 is 3.00 bits per heavy atom. The maximum absolute atomic E-state index is 10.5. The van der Waals surface area contributed by atoms with Crippen LogP contribution in [0.25, 0.3) is 0 Å². The van der Waals surface area contributed by atoms with Crippen molar-refractivity contribution < 1.29 is 4.21 Å². The minimum absolute atomic E-state index is 0.684. The van der Waals surface area contributed by atoms with Crippen molar-refractivity contribution in [3.8, 4) is 0 Å². The fourth-order valence-electron chi connectivity index (χ4n) is 0.392. The fourth-order valence-corrected chi connectivity index (χ4v) is 0.921. The molecule has 1 unspecified atom stereocenters. The zero-order valence-corrected chi connectivity index (χ0v) is 7.37. The van der Waals surface area contributed by atoms with Crippen LogP contribution in [-0.4, -0.2) is 21.4 Å². The van der Waals surface area contributed by atoms with Gasteiger partial charge in [0.25, 0.3) is 0 Å². The molecule has 0 amide bonds. The first-order chi connectivity index (χ1) is 4.77. The molecule has 0 aliphatic carbocycles. The molecule has 0 aromatic rings. The smallest absolute Gasteiger partial charge is 0.0634 e. The van der Waals surface area contributed by atoms with Crippen molar-refractivity contribution in [2.45, 2.75) is 6.42 Å². The Kier molecular flexibility index (Phi) is 6.59. The molecule has 0 radical (unpaired) electrons. The summed E-state index contributed by atoms with van der Waals surface area (Å²) in [4.78, 5) is 3.55. The van der Waals surface area contributed by atoms with Crippen LogP contribution in [0.3, 0.4) is 0 Å². The van der Waals surface area contributed by atoms with Crippen LogP contribution in [0.5, 0.6) is 0 Å². The summed E-state index contributed by atoms with van der Waals surface area (Å²) in [6.45, 7) is 0. The molecule has 0 fully saturated rings. The van der Waals surface area contributed by atoms with Crippen molar-refractivity contribution in [2.24, 2.45) is 4.99 Å². The van der Waals surface area contributed by atoms with E-state index < -0.39 is 10.8 Å². The van der Waals surface area contributed by atoms with Gasteiger partial charge in [0.05, 0.1) is 5.16 Å². The Bertz CT molecular complexity index is 182. The summed E-state index contributed by atoms with van der Waals surface area (Å²) >= 11 is 4.33. The summed E-state index contributed by atoms with van der Waals surface area (Å²) in [5.41, 5.74) is 0. The first kappa shape index (κ1) is 9.69. The molecule has 56 valence electrons. The van der Waals surface area contributed by atoms with Gasteiger partial charge in [0, 0.05) is 29.0 Å². The molecular weight excluding hydrogens is 166 g/mol. The summed E-state index contributed by atoms with van der Waals surface area (Å²) in [6, 6.07) is 0.